The Morgan fingerprint density at radius 3 is 2.13 bits per heavy atom. The summed E-state index contributed by atoms with van der Waals surface area (Å²) in [6.07, 6.45) is 0. The number of anilines is 1. The molecule has 240 valence electrons. The summed E-state index contributed by atoms with van der Waals surface area (Å²) in [5, 5.41) is 0.0695. The van der Waals surface area contributed by atoms with Gasteiger partial charge in [-0.2, -0.15) is 0 Å². The molecule has 6 nitrogen and oxygen atoms in total. The first kappa shape index (κ1) is 31.8. The molecule has 0 saturated heterocycles. The van der Waals surface area contributed by atoms with Crippen LogP contribution in [0, 0.1) is 0 Å². The number of benzene rings is 4. The summed E-state index contributed by atoms with van der Waals surface area (Å²) in [5.74, 6) is -0.171. The van der Waals surface area contributed by atoms with Crippen LogP contribution in [0.3, 0.4) is 0 Å². The van der Waals surface area contributed by atoms with Gasteiger partial charge in [-0.15, -0.1) is 0 Å². The number of esters is 1. The smallest absolute Gasteiger partial charge is 0.341 e. The minimum Gasteiger partial charge on any atom is -0.496 e. The molecule has 10 heteroatoms. The van der Waals surface area contributed by atoms with Gasteiger partial charge in [0, 0.05) is 48.1 Å². The second-order valence-corrected chi connectivity index (χ2v) is 12.8. The summed E-state index contributed by atoms with van der Waals surface area (Å²) in [4.78, 5) is 16.4. The van der Waals surface area contributed by atoms with Crippen LogP contribution in [0.25, 0.3) is 27.8 Å². The van der Waals surface area contributed by atoms with E-state index in [1.165, 1.54) is 0 Å². The van der Waals surface area contributed by atoms with Crippen LogP contribution in [-0.4, -0.2) is 35.1 Å². The number of imidazole rings is 1. The number of methoxy groups -OCH3 is 1. The third-order valence-electron chi connectivity index (χ3n) is 9.17. The van der Waals surface area contributed by atoms with Crippen LogP contribution in [0.4, 0.5) is 5.69 Å². The molecule has 0 fully saturated rings. The molecule has 0 aliphatic carbocycles. The van der Waals surface area contributed by atoms with Gasteiger partial charge in [-0.3, -0.25) is 4.40 Å². The number of hydrogen-bond donors (Lipinski definition) is 0. The Morgan fingerprint density at radius 1 is 0.809 bits per heavy atom. The molecule has 7 rings (SSSR count). The Hall–Kier alpha value is -3.81. The number of nitrogens with zero attached hydrogens (tertiary/aromatic N) is 3. The molecule has 6 aromatic rings. The van der Waals surface area contributed by atoms with Gasteiger partial charge in [0.2, 0.25) is 5.60 Å². The molecule has 1 atom stereocenters. The van der Waals surface area contributed by atoms with Crippen molar-refractivity contribution in [2.75, 3.05) is 25.1 Å². The highest BCUT2D eigenvalue weighted by atomic mass is 35.5. The molecule has 1 aliphatic heterocycles. The lowest BCUT2D eigenvalue weighted by Crippen LogP contribution is -2.33. The molecule has 0 saturated carbocycles. The summed E-state index contributed by atoms with van der Waals surface area (Å²) in [5.41, 5.74) is 5.48. The monoisotopic (exact) mass is 705 g/mol. The third-order valence-corrected chi connectivity index (χ3v) is 11.0. The standard InChI is InChI=1S/C37H31Cl4N3O3/c1-5-42(6-2)22-17-18-24(27(19-22)46-4)37(30-29(36(45)47-37)31(38)33(40)34(41)32(30)39)35-23(21-13-9-8-10-14-21)20-28-43(7-3)25-15-11-12-16-26(25)44(28)35/h8-20H,5-7H2,1-4H3. The van der Waals surface area contributed by atoms with E-state index in [0.29, 0.717) is 29.1 Å². The Morgan fingerprint density at radius 2 is 1.47 bits per heavy atom. The number of para-hydroxylation sites is 2. The Balaban J connectivity index is 1.74. The number of aryl methyl sites for hydroxylation is 1. The summed E-state index contributed by atoms with van der Waals surface area (Å²) in [6.45, 7) is 8.60. The number of aromatic nitrogens is 2. The molecule has 0 spiro atoms. The molecule has 0 bridgehead atoms. The summed E-state index contributed by atoms with van der Waals surface area (Å²) in [7, 11) is 1.61. The summed E-state index contributed by atoms with van der Waals surface area (Å²) >= 11 is 27.4. The largest absolute Gasteiger partial charge is 0.496 e. The van der Waals surface area contributed by atoms with Gasteiger partial charge in [-0.1, -0.05) is 88.9 Å². The van der Waals surface area contributed by atoms with Gasteiger partial charge >= 0.3 is 5.97 Å². The fourth-order valence-electron chi connectivity index (χ4n) is 7.10. The lowest BCUT2D eigenvalue weighted by atomic mass is 9.79. The van der Waals surface area contributed by atoms with Crippen LogP contribution in [-0.2, 0) is 16.9 Å². The summed E-state index contributed by atoms with van der Waals surface area (Å²) in [6, 6.07) is 26.2. The van der Waals surface area contributed by atoms with Crippen molar-refractivity contribution in [1.82, 2.24) is 8.97 Å². The molecule has 2 aromatic heterocycles. The quantitative estimate of drug-likeness (QED) is 0.0898. The first-order chi connectivity index (χ1) is 22.7. The van der Waals surface area contributed by atoms with E-state index < -0.39 is 11.6 Å². The molecule has 1 aliphatic rings. The highest BCUT2D eigenvalue weighted by Crippen LogP contribution is 2.59. The van der Waals surface area contributed by atoms with Gasteiger partial charge in [0.05, 0.1) is 49.5 Å². The zero-order valence-electron chi connectivity index (χ0n) is 26.2. The SMILES string of the molecule is CCN(CC)c1ccc(C2(c3c(-c4ccccc4)cc4n(CC)c5ccccc5n34)OC(=O)c3c(Cl)c(Cl)c(Cl)c(Cl)c32)c(OC)c1. The van der Waals surface area contributed by atoms with Crippen LogP contribution in [0.15, 0.2) is 78.9 Å². The van der Waals surface area contributed by atoms with Crippen LogP contribution >= 0.6 is 46.4 Å². The van der Waals surface area contributed by atoms with E-state index in [9.17, 15) is 4.79 Å². The number of fused-ring (bicyclic) bond motifs is 4. The van der Waals surface area contributed by atoms with Gasteiger partial charge in [0.1, 0.15) is 11.4 Å². The first-order valence-corrected chi connectivity index (χ1v) is 17.0. The van der Waals surface area contributed by atoms with Crippen LogP contribution < -0.4 is 9.64 Å². The van der Waals surface area contributed by atoms with Crippen molar-refractivity contribution in [3.05, 3.63) is 121 Å². The Bertz CT molecular complexity index is 2200. The number of rotatable bonds is 8. The van der Waals surface area contributed by atoms with E-state index >= 15 is 0 Å². The normalized spacial score (nSPS) is 15.8. The van der Waals surface area contributed by atoms with Gasteiger partial charge < -0.3 is 18.9 Å². The number of ether oxygens (including phenoxy) is 2. The minimum absolute atomic E-state index is 0.0140. The maximum atomic E-state index is 14.2. The van der Waals surface area contributed by atoms with Crippen molar-refractivity contribution in [2.24, 2.45) is 0 Å². The maximum absolute atomic E-state index is 14.2. The average molecular weight is 707 g/mol. The predicted octanol–water partition coefficient (Wildman–Crippen LogP) is 10.5. The fourth-order valence-corrected chi connectivity index (χ4v) is 8.16. The molecular formula is C37H31Cl4N3O3. The van der Waals surface area contributed by atoms with Crippen molar-refractivity contribution in [1.29, 1.82) is 0 Å². The highest BCUT2D eigenvalue weighted by molar-refractivity contribution is 6.53. The molecule has 0 N–H and O–H groups in total. The second-order valence-electron chi connectivity index (χ2n) is 11.3. The van der Waals surface area contributed by atoms with E-state index in [1.807, 2.05) is 60.7 Å². The Labute approximate surface area is 292 Å². The van der Waals surface area contributed by atoms with Crippen molar-refractivity contribution in [3.8, 4) is 16.9 Å². The lowest BCUT2D eigenvalue weighted by Gasteiger charge is -2.33. The highest BCUT2D eigenvalue weighted by Gasteiger charge is 2.56. The molecule has 1 unspecified atom stereocenters. The maximum Gasteiger partial charge on any atom is 0.341 e. The van der Waals surface area contributed by atoms with Crippen molar-refractivity contribution in [3.63, 3.8) is 0 Å². The molecule has 4 aromatic carbocycles. The van der Waals surface area contributed by atoms with E-state index in [-0.39, 0.29) is 25.7 Å². The topological polar surface area (TPSA) is 48.1 Å². The first-order valence-electron chi connectivity index (χ1n) is 15.4. The number of cyclic esters (lactones) is 1. The van der Waals surface area contributed by atoms with Gasteiger partial charge in [-0.25, -0.2) is 4.79 Å². The third kappa shape index (κ3) is 4.49. The van der Waals surface area contributed by atoms with Gasteiger partial charge in [-0.05, 0) is 56.7 Å². The van der Waals surface area contributed by atoms with Crippen molar-refractivity contribution in [2.45, 2.75) is 32.9 Å². The van der Waals surface area contributed by atoms with Gasteiger partial charge in [0.25, 0.3) is 0 Å². The van der Waals surface area contributed by atoms with Crippen molar-refractivity contribution >= 4 is 74.7 Å². The Kier molecular flexibility index (Phi) is 8.12. The van der Waals surface area contributed by atoms with E-state index in [1.54, 1.807) is 7.11 Å². The second kappa shape index (κ2) is 12.0. The fraction of sp³-hybridized carbons (Fsp3) is 0.216. The number of hydrogen-bond acceptors (Lipinski definition) is 4. The van der Waals surface area contributed by atoms with Crippen LogP contribution in [0.2, 0.25) is 20.1 Å². The molecule has 0 amide bonds. The number of halogens is 4. The van der Waals surface area contributed by atoms with Crippen molar-refractivity contribution < 1.29 is 14.3 Å². The molecule has 0 radical (unpaired) electrons. The van der Waals surface area contributed by atoms with Crippen LogP contribution in [0.5, 0.6) is 5.75 Å². The van der Waals surface area contributed by atoms with E-state index in [0.717, 1.165) is 46.6 Å². The summed E-state index contributed by atoms with van der Waals surface area (Å²) < 4.78 is 17.3. The molecular weight excluding hydrogens is 676 g/mol. The molecule has 3 heterocycles. The lowest BCUT2D eigenvalue weighted by molar-refractivity contribution is 0.0233. The predicted molar refractivity (Wildman–Crippen MR) is 192 cm³/mol. The zero-order chi connectivity index (χ0) is 33.2. The van der Waals surface area contributed by atoms with E-state index in [4.69, 9.17) is 55.9 Å². The van der Waals surface area contributed by atoms with E-state index in [2.05, 4.69) is 52.8 Å². The molecule has 47 heavy (non-hydrogen) atoms. The van der Waals surface area contributed by atoms with Gasteiger partial charge in [0.15, 0.2) is 0 Å². The average Bonchev–Trinajstić information content (AvgIpc) is 3.74. The minimum atomic E-state index is -1.67. The number of carbonyl (C=O) groups excluding carboxylic acids is 1. The zero-order valence-corrected chi connectivity index (χ0v) is 29.2. The van der Waals surface area contributed by atoms with Crippen LogP contribution in [0.1, 0.15) is 48.0 Å². The number of carbonyl (C=O) groups is 1.